The fraction of sp³-hybridized carbons (Fsp3) is 0.364. The lowest BCUT2D eigenvalue weighted by Crippen LogP contribution is -2.40. The smallest absolute Gasteiger partial charge is 0.321 e. The average Bonchev–Trinajstić information content (AvgIpc) is 3.36. The lowest BCUT2D eigenvalue weighted by Gasteiger charge is -2.21. The minimum Gasteiger partial charge on any atom is -0.369 e. The third kappa shape index (κ3) is 4.10. The summed E-state index contributed by atoms with van der Waals surface area (Å²) in [6, 6.07) is 13.9. The van der Waals surface area contributed by atoms with Crippen molar-refractivity contribution in [1.29, 1.82) is 0 Å². The number of benzene rings is 2. The number of nitrogens with zero attached hydrogens (tertiary/aromatic N) is 3. The predicted octanol–water partition coefficient (Wildman–Crippen LogP) is 2.47. The maximum Gasteiger partial charge on any atom is 0.321 e. The monoisotopic (exact) mass is 441 g/mol. The minimum absolute atomic E-state index is 0.0101. The maximum atomic E-state index is 13.3. The molecule has 2 aromatic carbocycles. The summed E-state index contributed by atoms with van der Waals surface area (Å²) in [6.07, 6.45) is 0.601. The largest absolute Gasteiger partial charge is 0.369 e. The lowest BCUT2D eigenvalue weighted by atomic mass is 10.1. The zero-order valence-corrected chi connectivity index (χ0v) is 18.5. The van der Waals surface area contributed by atoms with Crippen molar-refractivity contribution in [1.82, 2.24) is 9.62 Å². The Morgan fingerprint density at radius 1 is 1.23 bits per heavy atom. The van der Waals surface area contributed by atoms with Gasteiger partial charge in [0.15, 0.2) is 0 Å². The summed E-state index contributed by atoms with van der Waals surface area (Å²) in [7, 11) is -3.85. The molecule has 2 heterocycles. The summed E-state index contributed by atoms with van der Waals surface area (Å²) in [5.74, 6) is 0.342. The fourth-order valence-corrected chi connectivity index (χ4v) is 5.27. The number of carbonyl (C=O) groups excluding carboxylic acids is 1. The Kier molecular flexibility index (Phi) is 5.62. The summed E-state index contributed by atoms with van der Waals surface area (Å²) in [5, 5.41) is 2.91. The van der Waals surface area contributed by atoms with E-state index in [4.69, 9.17) is 5.73 Å². The number of guanidine groups is 1. The molecule has 2 amide bonds. The molecule has 0 bridgehead atoms. The first-order valence-corrected chi connectivity index (χ1v) is 11.8. The number of hydrogen-bond donors (Lipinski definition) is 2. The van der Waals surface area contributed by atoms with E-state index >= 15 is 0 Å². The lowest BCUT2D eigenvalue weighted by molar-refractivity contribution is 0.245. The van der Waals surface area contributed by atoms with Crippen molar-refractivity contribution in [3.63, 3.8) is 0 Å². The van der Waals surface area contributed by atoms with Crippen LogP contribution in [0.15, 0.2) is 58.4 Å². The number of fused-ring (bicyclic) bond motifs is 1. The molecule has 9 heteroatoms. The van der Waals surface area contributed by atoms with Crippen LogP contribution in [-0.4, -0.2) is 44.3 Å². The number of urea groups is 1. The molecule has 1 unspecified atom stereocenters. The molecule has 164 valence electrons. The van der Waals surface area contributed by atoms with Gasteiger partial charge in [0.25, 0.3) is 10.0 Å². The van der Waals surface area contributed by atoms with Crippen molar-refractivity contribution in [2.24, 2.45) is 16.6 Å². The van der Waals surface area contributed by atoms with Gasteiger partial charge in [0.05, 0.1) is 17.5 Å². The van der Waals surface area contributed by atoms with Crippen LogP contribution in [0.25, 0.3) is 0 Å². The highest BCUT2D eigenvalue weighted by Gasteiger charge is 2.35. The van der Waals surface area contributed by atoms with E-state index in [9.17, 15) is 13.2 Å². The standard InChI is InChI=1S/C22H27N5O3S/c1-15(2)13-24-22(28)26-11-10-17-12-18(8-9-20(17)26)31(29,30)27-14-19(25-21(27)23)16-6-4-3-5-7-16/h3-9,12,15,19H,10-11,13-14H2,1-2H3,(H2,23,25)(H,24,28). The summed E-state index contributed by atoms with van der Waals surface area (Å²) < 4.78 is 27.7. The van der Waals surface area contributed by atoms with Gasteiger partial charge in [-0.3, -0.25) is 4.90 Å². The van der Waals surface area contributed by atoms with Gasteiger partial charge in [-0.2, -0.15) is 0 Å². The van der Waals surface area contributed by atoms with E-state index in [1.807, 2.05) is 44.2 Å². The van der Waals surface area contributed by atoms with Crippen molar-refractivity contribution in [2.45, 2.75) is 31.2 Å². The van der Waals surface area contributed by atoms with Crippen molar-refractivity contribution < 1.29 is 13.2 Å². The third-order valence-corrected chi connectivity index (χ3v) is 7.27. The molecule has 0 spiro atoms. The van der Waals surface area contributed by atoms with Gasteiger partial charge in [0, 0.05) is 18.8 Å². The highest BCUT2D eigenvalue weighted by molar-refractivity contribution is 7.89. The SMILES string of the molecule is CC(C)CNC(=O)N1CCc2cc(S(=O)(=O)N3CC(c4ccccc4)N=C3N)ccc21. The Morgan fingerprint density at radius 2 is 1.97 bits per heavy atom. The summed E-state index contributed by atoms with van der Waals surface area (Å²) in [5.41, 5.74) is 8.48. The molecule has 31 heavy (non-hydrogen) atoms. The Morgan fingerprint density at radius 3 is 2.68 bits per heavy atom. The van der Waals surface area contributed by atoms with Gasteiger partial charge in [-0.15, -0.1) is 0 Å². The first-order chi connectivity index (χ1) is 14.8. The maximum absolute atomic E-state index is 13.3. The number of nitrogens with two attached hydrogens (primary N) is 1. The molecule has 3 N–H and O–H groups in total. The molecule has 0 radical (unpaired) electrons. The molecule has 0 saturated heterocycles. The molecule has 0 aromatic heterocycles. The summed E-state index contributed by atoms with van der Waals surface area (Å²) in [4.78, 5) is 18.6. The quantitative estimate of drug-likeness (QED) is 0.743. The van der Waals surface area contributed by atoms with Crippen LogP contribution in [0.2, 0.25) is 0 Å². The second kappa shape index (κ2) is 8.22. The van der Waals surface area contributed by atoms with Crippen LogP contribution < -0.4 is 16.0 Å². The van der Waals surface area contributed by atoms with Gasteiger partial charge in [-0.05, 0) is 41.7 Å². The van der Waals surface area contributed by atoms with Crippen molar-refractivity contribution in [2.75, 3.05) is 24.5 Å². The second-order valence-electron chi connectivity index (χ2n) is 8.22. The molecule has 0 saturated carbocycles. The van der Waals surface area contributed by atoms with Gasteiger partial charge in [-0.1, -0.05) is 44.2 Å². The molecule has 2 aliphatic rings. The summed E-state index contributed by atoms with van der Waals surface area (Å²) in [6.45, 7) is 5.34. The van der Waals surface area contributed by atoms with E-state index in [0.29, 0.717) is 25.4 Å². The van der Waals surface area contributed by atoms with Crippen LogP contribution in [0.3, 0.4) is 0 Å². The zero-order valence-electron chi connectivity index (χ0n) is 17.7. The van der Waals surface area contributed by atoms with Crippen LogP contribution in [0, 0.1) is 5.92 Å². The number of rotatable bonds is 5. The van der Waals surface area contributed by atoms with Gasteiger partial charge < -0.3 is 11.1 Å². The van der Waals surface area contributed by atoms with Crippen molar-refractivity contribution in [3.8, 4) is 0 Å². The Labute approximate surface area is 182 Å². The number of sulfonamides is 1. The van der Waals surface area contributed by atoms with Gasteiger partial charge >= 0.3 is 6.03 Å². The van der Waals surface area contributed by atoms with Crippen LogP contribution in [0.5, 0.6) is 0 Å². The number of hydrogen-bond acceptors (Lipinski definition) is 5. The van der Waals surface area contributed by atoms with E-state index in [0.717, 1.165) is 21.1 Å². The Hall–Kier alpha value is -3.07. The normalized spacial score (nSPS) is 18.3. The average molecular weight is 442 g/mol. The topological polar surface area (TPSA) is 108 Å². The third-order valence-electron chi connectivity index (χ3n) is 5.51. The molecular weight excluding hydrogens is 414 g/mol. The van der Waals surface area contributed by atoms with E-state index < -0.39 is 10.0 Å². The molecule has 1 atom stereocenters. The van der Waals surface area contributed by atoms with E-state index in [2.05, 4.69) is 10.3 Å². The number of nitrogens with one attached hydrogen (secondary N) is 1. The first-order valence-electron chi connectivity index (χ1n) is 10.4. The van der Waals surface area contributed by atoms with Crippen LogP contribution >= 0.6 is 0 Å². The van der Waals surface area contributed by atoms with E-state index in [-0.39, 0.29) is 29.5 Å². The fourth-order valence-electron chi connectivity index (χ4n) is 3.86. The Balaban J connectivity index is 1.54. The van der Waals surface area contributed by atoms with Gasteiger partial charge in [0.1, 0.15) is 0 Å². The Bertz CT molecular complexity index is 1120. The number of aliphatic imine (C=N–C) groups is 1. The molecule has 0 fully saturated rings. The molecule has 8 nitrogen and oxygen atoms in total. The zero-order chi connectivity index (χ0) is 22.2. The first kappa shape index (κ1) is 21.2. The van der Waals surface area contributed by atoms with Crippen LogP contribution in [-0.2, 0) is 16.4 Å². The van der Waals surface area contributed by atoms with E-state index in [1.165, 1.54) is 6.07 Å². The van der Waals surface area contributed by atoms with E-state index in [1.54, 1.807) is 17.0 Å². The molecule has 2 aliphatic heterocycles. The van der Waals surface area contributed by atoms with Gasteiger partial charge in [-0.25, -0.2) is 22.5 Å². The molecular formula is C22H27N5O3S. The van der Waals surface area contributed by atoms with Crippen LogP contribution in [0.4, 0.5) is 10.5 Å². The summed E-state index contributed by atoms with van der Waals surface area (Å²) >= 11 is 0. The molecule has 2 aromatic rings. The second-order valence-corrected chi connectivity index (χ2v) is 10.1. The van der Waals surface area contributed by atoms with Crippen molar-refractivity contribution in [3.05, 3.63) is 59.7 Å². The minimum atomic E-state index is -3.85. The van der Waals surface area contributed by atoms with Crippen LogP contribution in [0.1, 0.15) is 31.0 Å². The molecule has 4 rings (SSSR count). The highest BCUT2D eigenvalue weighted by atomic mass is 32.2. The van der Waals surface area contributed by atoms with Gasteiger partial charge in [0.2, 0.25) is 5.96 Å². The van der Waals surface area contributed by atoms with Crippen molar-refractivity contribution >= 4 is 27.7 Å². The number of amides is 2. The number of carbonyl (C=O) groups is 1. The molecule has 0 aliphatic carbocycles. The highest BCUT2D eigenvalue weighted by Crippen LogP contribution is 2.33. The predicted molar refractivity (Wildman–Crippen MR) is 120 cm³/mol. The number of anilines is 1.